The second-order valence-corrected chi connectivity index (χ2v) is 7.81. The van der Waals surface area contributed by atoms with Crippen molar-refractivity contribution in [1.29, 1.82) is 0 Å². The summed E-state index contributed by atoms with van der Waals surface area (Å²) >= 11 is 1.51. The highest BCUT2D eigenvalue weighted by atomic mass is 32.2. The van der Waals surface area contributed by atoms with Gasteiger partial charge in [-0.15, -0.1) is 11.3 Å². The molecule has 1 heterocycles. The standard InChI is InChI=1S/C13H24N2O3S2/c1-5-14-9-12-8-13(11(4)19-12)20(16,17)15-6-7-18-10(2)3/h8,10,14-15H,5-7,9H2,1-4H3. The van der Waals surface area contributed by atoms with Crippen molar-refractivity contribution in [3.05, 3.63) is 15.8 Å². The summed E-state index contributed by atoms with van der Waals surface area (Å²) in [6.45, 7) is 9.93. The molecule has 116 valence electrons. The molecule has 0 spiro atoms. The molecule has 0 atom stereocenters. The van der Waals surface area contributed by atoms with Gasteiger partial charge in [0.05, 0.1) is 17.6 Å². The minimum atomic E-state index is -3.44. The second kappa shape index (κ2) is 8.09. The first-order valence-electron chi connectivity index (χ1n) is 6.78. The van der Waals surface area contributed by atoms with Gasteiger partial charge in [-0.25, -0.2) is 13.1 Å². The fraction of sp³-hybridized carbons (Fsp3) is 0.692. The molecule has 0 unspecified atom stereocenters. The summed E-state index contributed by atoms with van der Waals surface area (Å²) in [6, 6.07) is 1.74. The van der Waals surface area contributed by atoms with Crippen LogP contribution in [-0.4, -0.2) is 34.2 Å². The minimum absolute atomic E-state index is 0.106. The third-order valence-electron chi connectivity index (χ3n) is 2.61. The molecule has 5 nitrogen and oxygen atoms in total. The topological polar surface area (TPSA) is 67.4 Å². The van der Waals surface area contributed by atoms with Gasteiger partial charge in [0.1, 0.15) is 0 Å². The van der Waals surface area contributed by atoms with E-state index in [1.807, 2.05) is 27.7 Å². The molecule has 0 saturated carbocycles. The summed E-state index contributed by atoms with van der Waals surface area (Å²) in [6.07, 6.45) is 0.106. The molecule has 7 heteroatoms. The number of hydrogen-bond acceptors (Lipinski definition) is 5. The number of nitrogens with one attached hydrogen (secondary N) is 2. The molecule has 0 aliphatic carbocycles. The average molecular weight is 320 g/mol. The predicted molar refractivity (Wildman–Crippen MR) is 82.7 cm³/mol. The number of hydrogen-bond donors (Lipinski definition) is 2. The van der Waals surface area contributed by atoms with Crippen LogP contribution in [0.5, 0.6) is 0 Å². The molecule has 0 saturated heterocycles. The molecular weight excluding hydrogens is 296 g/mol. The lowest BCUT2D eigenvalue weighted by atomic mass is 10.4. The summed E-state index contributed by atoms with van der Waals surface area (Å²) in [5, 5.41) is 3.20. The maximum Gasteiger partial charge on any atom is 0.241 e. The zero-order chi connectivity index (χ0) is 15.2. The van der Waals surface area contributed by atoms with E-state index in [1.54, 1.807) is 6.07 Å². The normalized spacial score (nSPS) is 12.2. The van der Waals surface area contributed by atoms with Crippen LogP contribution in [0.4, 0.5) is 0 Å². The van der Waals surface area contributed by atoms with Crippen LogP contribution < -0.4 is 10.0 Å². The molecule has 0 amide bonds. The largest absolute Gasteiger partial charge is 0.377 e. The Kier molecular flexibility index (Phi) is 7.11. The zero-order valence-electron chi connectivity index (χ0n) is 12.5. The molecule has 0 fully saturated rings. The van der Waals surface area contributed by atoms with E-state index in [0.717, 1.165) is 16.3 Å². The quantitative estimate of drug-likeness (QED) is 0.682. The lowest BCUT2D eigenvalue weighted by molar-refractivity contribution is 0.0834. The van der Waals surface area contributed by atoms with Crippen LogP contribution in [0.1, 0.15) is 30.5 Å². The Balaban J connectivity index is 2.64. The van der Waals surface area contributed by atoms with Gasteiger partial charge in [0.15, 0.2) is 0 Å². The lowest BCUT2D eigenvalue weighted by Gasteiger charge is -2.09. The minimum Gasteiger partial charge on any atom is -0.377 e. The van der Waals surface area contributed by atoms with Crippen molar-refractivity contribution >= 4 is 21.4 Å². The van der Waals surface area contributed by atoms with Crippen molar-refractivity contribution < 1.29 is 13.2 Å². The molecule has 2 N–H and O–H groups in total. The van der Waals surface area contributed by atoms with Gasteiger partial charge in [-0.3, -0.25) is 0 Å². The van der Waals surface area contributed by atoms with Crippen LogP contribution in [-0.2, 0) is 21.3 Å². The van der Waals surface area contributed by atoms with Crippen molar-refractivity contribution in [2.75, 3.05) is 19.7 Å². The lowest BCUT2D eigenvalue weighted by Crippen LogP contribution is -2.28. The number of thiophene rings is 1. The van der Waals surface area contributed by atoms with E-state index in [2.05, 4.69) is 10.0 Å². The summed E-state index contributed by atoms with van der Waals surface area (Å²) < 4.78 is 32.3. The maximum absolute atomic E-state index is 12.2. The van der Waals surface area contributed by atoms with Crippen LogP contribution in [0.3, 0.4) is 0 Å². The Hall–Kier alpha value is -0.470. The molecule has 0 aliphatic rings. The summed E-state index contributed by atoms with van der Waals surface area (Å²) in [5.74, 6) is 0. The van der Waals surface area contributed by atoms with Gasteiger partial charge in [0.2, 0.25) is 10.0 Å². The molecule has 1 rings (SSSR count). The van der Waals surface area contributed by atoms with E-state index in [1.165, 1.54) is 11.3 Å². The van der Waals surface area contributed by atoms with Crippen molar-refractivity contribution in [3.63, 3.8) is 0 Å². The van der Waals surface area contributed by atoms with Crippen molar-refractivity contribution in [2.24, 2.45) is 0 Å². The molecule has 20 heavy (non-hydrogen) atoms. The first-order valence-corrected chi connectivity index (χ1v) is 9.08. The van der Waals surface area contributed by atoms with Gasteiger partial charge in [-0.05, 0) is 33.4 Å². The van der Waals surface area contributed by atoms with E-state index in [0.29, 0.717) is 24.6 Å². The number of ether oxygens (including phenoxy) is 1. The van der Waals surface area contributed by atoms with Gasteiger partial charge in [0.25, 0.3) is 0 Å². The van der Waals surface area contributed by atoms with Crippen LogP contribution in [0, 0.1) is 6.92 Å². The number of rotatable bonds is 9. The van der Waals surface area contributed by atoms with Gasteiger partial charge < -0.3 is 10.1 Å². The Labute approximate surface area is 125 Å². The zero-order valence-corrected chi connectivity index (χ0v) is 14.2. The third-order valence-corrected chi connectivity index (χ3v) is 5.37. The molecular formula is C13H24N2O3S2. The first-order chi connectivity index (χ1) is 9.36. The van der Waals surface area contributed by atoms with E-state index >= 15 is 0 Å². The number of sulfonamides is 1. The molecule has 0 aromatic carbocycles. The van der Waals surface area contributed by atoms with Crippen molar-refractivity contribution in [1.82, 2.24) is 10.0 Å². The Morgan fingerprint density at radius 1 is 1.40 bits per heavy atom. The van der Waals surface area contributed by atoms with E-state index < -0.39 is 10.0 Å². The van der Waals surface area contributed by atoms with Crippen molar-refractivity contribution in [2.45, 2.75) is 45.2 Å². The predicted octanol–water partition coefficient (Wildman–Crippen LogP) is 1.87. The molecule has 0 aliphatic heterocycles. The Morgan fingerprint density at radius 3 is 2.70 bits per heavy atom. The van der Waals surface area contributed by atoms with Gasteiger partial charge in [-0.2, -0.15) is 0 Å². The van der Waals surface area contributed by atoms with E-state index in [4.69, 9.17) is 4.74 Å². The molecule has 1 aromatic heterocycles. The summed E-state index contributed by atoms with van der Waals surface area (Å²) in [7, 11) is -3.44. The fourth-order valence-corrected chi connectivity index (χ4v) is 4.29. The molecule has 1 aromatic rings. The fourth-order valence-electron chi connectivity index (χ4n) is 1.67. The highest BCUT2D eigenvalue weighted by molar-refractivity contribution is 7.89. The Morgan fingerprint density at radius 2 is 2.10 bits per heavy atom. The van der Waals surface area contributed by atoms with Crippen LogP contribution in [0.15, 0.2) is 11.0 Å². The third kappa shape index (κ3) is 5.49. The van der Waals surface area contributed by atoms with Crippen LogP contribution >= 0.6 is 11.3 Å². The maximum atomic E-state index is 12.2. The Bertz CT molecular complexity index is 510. The van der Waals surface area contributed by atoms with Gasteiger partial charge in [-0.1, -0.05) is 6.92 Å². The van der Waals surface area contributed by atoms with Crippen molar-refractivity contribution in [3.8, 4) is 0 Å². The second-order valence-electron chi connectivity index (χ2n) is 4.73. The first kappa shape index (κ1) is 17.6. The summed E-state index contributed by atoms with van der Waals surface area (Å²) in [5.41, 5.74) is 0. The smallest absolute Gasteiger partial charge is 0.241 e. The highest BCUT2D eigenvalue weighted by Crippen LogP contribution is 2.25. The van der Waals surface area contributed by atoms with Gasteiger partial charge >= 0.3 is 0 Å². The van der Waals surface area contributed by atoms with Crippen LogP contribution in [0.2, 0.25) is 0 Å². The van der Waals surface area contributed by atoms with Gasteiger partial charge in [0, 0.05) is 22.8 Å². The molecule has 0 radical (unpaired) electrons. The monoisotopic (exact) mass is 320 g/mol. The van der Waals surface area contributed by atoms with Crippen LogP contribution in [0.25, 0.3) is 0 Å². The average Bonchev–Trinajstić information content (AvgIpc) is 2.74. The number of aryl methyl sites for hydroxylation is 1. The SMILES string of the molecule is CCNCc1cc(S(=O)(=O)NCCOC(C)C)c(C)s1. The molecule has 0 bridgehead atoms. The van der Waals surface area contributed by atoms with E-state index in [9.17, 15) is 8.42 Å². The summed E-state index contributed by atoms with van der Waals surface area (Å²) in [4.78, 5) is 2.22. The highest BCUT2D eigenvalue weighted by Gasteiger charge is 2.19. The van der Waals surface area contributed by atoms with E-state index in [-0.39, 0.29) is 6.10 Å².